The number of hydrogen-bond acceptors (Lipinski definition) is 3. The standard InChI is InChI=1S/3C42H26O/c1-2-15-31-27(11-1)12-10-21-32(31)28-13-9-14-29(25-28)41-35-17-3-5-19-37(35)42(38-20-6-4-18-36(38)41)30-23-24-34-33-16-7-8-22-39(33)43-40(34)26-30;1-2-11-28-24-30(21-20-27(28)10-1)29-12-9-13-31(25-29)41-35-15-3-5-17-37(35)42(38-18-6-4-16-36(38)41)32-22-23-34-33-14-7-8-19-39(33)43-40(34)26-32;1-2-12-27(13-3-1)29-24-25-38(31-15-5-4-14-30(29)31)42-36-19-8-6-17-34(36)41(35-18-7-9-20-37(35)42)28-22-23-33-32-16-10-11-21-39(32)43-40(33)26-28/h3*1-26H/i3D,4D,5D,6D,17D,18D,19D,20D;3D,4D,5D,6D,15D,16D,17D,18D;6D,7D,8D,9D,17D,18D,19D,20D. The van der Waals surface area contributed by atoms with E-state index in [2.05, 4.69) is 6.07 Å². The lowest BCUT2D eigenvalue weighted by Gasteiger charge is -2.19. The van der Waals surface area contributed by atoms with Gasteiger partial charge in [-0.3, -0.25) is 0 Å². The van der Waals surface area contributed by atoms with Gasteiger partial charge in [-0.2, -0.15) is 0 Å². The van der Waals surface area contributed by atoms with Crippen molar-refractivity contribution < 1.29 is 46.1 Å². The topological polar surface area (TPSA) is 39.4 Å². The Bertz CT molecular complexity index is 10500. The van der Waals surface area contributed by atoms with E-state index in [-0.39, 0.29) is 154 Å². The molecule has 0 bridgehead atoms. The second-order valence-corrected chi connectivity index (χ2v) is 32.0. The molecule has 0 radical (unpaired) electrons. The molecule has 0 aliphatic carbocycles. The van der Waals surface area contributed by atoms with E-state index >= 15 is 0 Å². The summed E-state index contributed by atoms with van der Waals surface area (Å²) in [6, 6.07) is 95.6. The molecular weight excluding hydrogens is 1560 g/mol. The lowest BCUT2D eigenvalue weighted by Crippen LogP contribution is -1.92. The molecule has 0 amide bonds. The molecule has 0 aliphatic rings. The Hall–Kier alpha value is -17.0. The van der Waals surface area contributed by atoms with Gasteiger partial charge in [-0.05, 0) is 270 Å². The van der Waals surface area contributed by atoms with Gasteiger partial charge in [-0.15, -0.1) is 0 Å². The maximum Gasteiger partial charge on any atom is 0.136 e. The molecule has 24 aromatic carbocycles. The van der Waals surface area contributed by atoms with Crippen LogP contribution in [0.4, 0.5) is 0 Å². The highest BCUT2D eigenvalue weighted by Crippen LogP contribution is 2.52. The molecule has 3 heteroatoms. The van der Waals surface area contributed by atoms with Crippen molar-refractivity contribution in [1.29, 1.82) is 0 Å². The molecule has 3 nitrogen and oxygen atoms in total. The van der Waals surface area contributed by atoms with Crippen molar-refractivity contribution in [3.8, 4) is 100 Å². The van der Waals surface area contributed by atoms with E-state index in [1.54, 1.807) is 18.2 Å². The first-order valence-corrected chi connectivity index (χ1v) is 42.3. The summed E-state index contributed by atoms with van der Waals surface area (Å²) in [7, 11) is 0. The lowest BCUT2D eigenvalue weighted by atomic mass is 9.83. The normalized spacial score (nSPS) is 14.3. The van der Waals surface area contributed by atoms with Crippen LogP contribution in [-0.2, 0) is 0 Å². The van der Waals surface area contributed by atoms with Gasteiger partial charge in [0.1, 0.15) is 33.5 Å². The molecule has 3 aromatic heterocycles. The molecule has 0 atom stereocenters. The van der Waals surface area contributed by atoms with Gasteiger partial charge in [0.2, 0.25) is 0 Å². The van der Waals surface area contributed by atoms with E-state index in [9.17, 15) is 16.4 Å². The average molecular weight is 1660 g/mol. The predicted molar refractivity (Wildman–Crippen MR) is 548 cm³/mol. The first-order chi connectivity index (χ1) is 74.0. The summed E-state index contributed by atoms with van der Waals surface area (Å²) in [6.45, 7) is 0. The molecule has 0 unspecified atom stereocenters. The summed E-state index contributed by atoms with van der Waals surface area (Å²) < 4.78 is 235. The minimum absolute atomic E-state index is 0.166. The fraction of sp³-hybridized carbons (Fsp3) is 0. The van der Waals surface area contributed by atoms with Crippen molar-refractivity contribution >= 4 is 163 Å². The minimum Gasteiger partial charge on any atom is -0.456 e. The Morgan fingerprint density at radius 2 is 0.403 bits per heavy atom. The van der Waals surface area contributed by atoms with Gasteiger partial charge in [-0.1, -0.05) is 400 Å². The van der Waals surface area contributed by atoms with Crippen LogP contribution in [0.3, 0.4) is 0 Å². The number of hydrogen-bond donors (Lipinski definition) is 0. The number of fused-ring (bicyclic) bond motifs is 18. The first-order valence-electron chi connectivity index (χ1n) is 54.3. The van der Waals surface area contributed by atoms with E-state index in [1.807, 2.05) is 303 Å². The van der Waals surface area contributed by atoms with Gasteiger partial charge in [0, 0.05) is 32.3 Å². The summed E-state index contributed by atoms with van der Waals surface area (Å²) in [6.07, 6.45) is 0. The largest absolute Gasteiger partial charge is 0.456 e. The molecule has 0 spiro atoms. The molecule has 600 valence electrons. The second-order valence-electron chi connectivity index (χ2n) is 32.0. The fourth-order valence-corrected chi connectivity index (χ4v) is 19.2. The van der Waals surface area contributed by atoms with Crippen LogP contribution in [0.1, 0.15) is 32.9 Å². The quantitative estimate of drug-likeness (QED) is 0.135. The van der Waals surface area contributed by atoms with E-state index < -0.39 is 72.5 Å². The van der Waals surface area contributed by atoms with Crippen molar-refractivity contribution in [3.05, 3.63) is 473 Å². The van der Waals surface area contributed by atoms with Gasteiger partial charge in [0.15, 0.2) is 0 Å². The third-order valence-corrected chi connectivity index (χ3v) is 24.9. The number of para-hydroxylation sites is 3. The fourth-order valence-electron chi connectivity index (χ4n) is 19.2. The monoisotopic (exact) mass is 1660 g/mol. The lowest BCUT2D eigenvalue weighted by molar-refractivity contribution is 0.668. The summed E-state index contributed by atoms with van der Waals surface area (Å²) >= 11 is 0. The predicted octanol–water partition coefficient (Wildman–Crippen LogP) is 36.1. The third kappa shape index (κ3) is 12.7. The zero-order valence-electron chi connectivity index (χ0n) is 92.4. The number of benzene rings is 24. The van der Waals surface area contributed by atoms with Crippen molar-refractivity contribution in [2.45, 2.75) is 0 Å². The van der Waals surface area contributed by atoms with Crippen LogP contribution >= 0.6 is 0 Å². The Balaban J connectivity index is 0.000000118. The van der Waals surface area contributed by atoms with Crippen LogP contribution in [-0.4, -0.2) is 0 Å². The molecule has 0 aliphatic heterocycles. The molecule has 27 rings (SSSR count). The zero-order chi connectivity index (χ0) is 106. The number of rotatable bonds is 9. The van der Waals surface area contributed by atoms with Gasteiger partial charge < -0.3 is 13.3 Å². The molecular formula is C126H78O3. The van der Waals surface area contributed by atoms with Gasteiger partial charge in [0.25, 0.3) is 0 Å². The van der Waals surface area contributed by atoms with Crippen LogP contribution in [0.2, 0.25) is 0 Å². The molecule has 0 fully saturated rings. The van der Waals surface area contributed by atoms with Crippen LogP contribution in [0.25, 0.3) is 263 Å². The van der Waals surface area contributed by atoms with Crippen molar-refractivity contribution in [2.24, 2.45) is 0 Å². The highest BCUT2D eigenvalue weighted by molar-refractivity contribution is 6.27. The van der Waals surface area contributed by atoms with Crippen LogP contribution in [0.5, 0.6) is 0 Å². The smallest absolute Gasteiger partial charge is 0.136 e. The molecule has 0 saturated heterocycles. The molecule has 3 heterocycles. The Kier molecular flexibility index (Phi) is 13.0. The maximum atomic E-state index is 9.36. The highest BCUT2D eigenvalue weighted by Gasteiger charge is 2.25. The molecule has 27 aromatic rings. The van der Waals surface area contributed by atoms with Crippen molar-refractivity contribution in [3.63, 3.8) is 0 Å². The van der Waals surface area contributed by atoms with Gasteiger partial charge in [-0.25, -0.2) is 0 Å². The van der Waals surface area contributed by atoms with Gasteiger partial charge >= 0.3 is 0 Å². The Morgan fingerprint density at radius 3 is 0.837 bits per heavy atom. The van der Waals surface area contributed by atoms with Crippen LogP contribution in [0, 0.1) is 0 Å². The van der Waals surface area contributed by atoms with E-state index in [1.165, 1.54) is 0 Å². The SMILES string of the molecule is [2H]c1c([2H])c([2H])c2c(-c3ccc(-c4ccccc4)c4ccccc34)c3c([2H])c([2H])c([2H])c([2H])c3c(-c3ccc4c(c3)oc3ccccc34)c2c1[2H].[2H]c1c([2H])c([2H])c2c(-c3ccc4c(c3)oc3ccccc34)c3c([2H])c([2H])c([2H])c([2H])c3c(-c3cccc(-c4ccc5ccccc5c4)c3)c2c1[2H].[2H]c1c([2H])c([2H])c2c(-c3ccc4c(c3)oc3ccccc34)c3c([2H])c([2H])c([2H])c([2H])c3c(-c3cccc(-c4cccc5ccccc45)c3)c2c1[2H]. The summed E-state index contributed by atoms with van der Waals surface area (Å²) in [5, 5.41) is 13.3. The third-order valence-electron chi connectivity index (χ3n) is 24.9. The Morgan fingerprint density at radius 1 is 0.132 bits per heavy atom. The average Bonchev–Trinajstić information content (AvgIpc) is 1.68. The van der Waals surface area contributed by atoms with Crippen LogP contribution < -0.4 is 0 Å². The number of furan rings is 3. The van der Waals surface area contributed by atoms with E-state index in [0.29, 0.717) is 83.6 Å². The van der Waals surface area contributed by atoms with E-state index in [0.717, 1.165) is 98.0 Å². The van der Waals surface area contributed by atoms with Crippen LogP contribution in [0.15, 0.2) is 486 Å². The molecule has 0 saturated carbocycles. The second kappa shape index (κ2) is 31.1. The molecule has 129 heavy (non-hydrogen) atoms. The van der Waals surface area contributed by atoms with Crippen molar-refractivity contribution in [1.82, 2.24) is 0 Å². The van der Waals surface area contributed by atoms with E-state index in [4.69, 9.17) is 29.7 Å². The summed E-state index contributed by atoms with van der Waals surface area (Å²) in [5.41, 5.74) is 14.3. The maximum absolute atomic E-state index is 9.36. The minimum atomic E-state index is -0.436. The summed E-state index contributed by atoms with van der Waals surface area (Å²) in [4.78, 5) is 0. The Labute approximate surface area is 777 Å². The summed E-state index contributed by atoms with van der Waals surface area (Å²) in [5.74, 6) is 0. The molecule has 0 N–H and O–H groups in total. The van der Waals surface area contributed by atoms with Crippen molar-refractivity contribution in [2.75, 3.05) is 0 Å². The highest BCUT2D eigenvalue weighted by atomic mass is 16.3. The van der Waals surface area contributed by atoms with Gasteiger partial charge in [0.05, 0.1) is 32.9 Å². The zero-order valence-corrected chi connectivity index (χ0v) is 68.4. The first kappa shape index (κ1) is 53.9.